The summed E-state index contributed by atoms with van der Waals surface area (Å²) >= 11 is 0. The molecule has 0 heterocycles. The van der Waals surface area contributed by atoms with Gasteiger partial charge in [-0.25, -0.2) is 0 Å². The van der Waals surface area contributed by atoms with Crippen molar-refractivity contribution in [2.24, 2.45) is 0 Å². The monoisotopic (exact) mass is 1040 g/mol. The van der Waals surface area contributed by atoms with Crippen molar-refractivity contribution in [3.63, 3.8) is 0 Å². The molecule has 0 fully saturated rings. The fourth-order valence-corrected chi connectivity index (χ4v) is 8.84. The van der Waals surface area contributed by atoms with Gasteiger partial charge in [0.05, 0.1) is 0 Å². The van der Waals surface area contributed by atoms with Gasteiger partial charge < -0.3 is 14.2 Å². The largest absolute Gasteiger partial charge is 0.462 e. The molecule has 6 heteroatoms. The second kappa shape index (κ2) is 62.9. The Kier molecular flexibility index (Phi) is 59.8. The molecule has 1 atom stereocenters. The number of hydrogen-bond acceptors (Lipinski definition) is 6. The first-order valence-corrected chi connectivity index (χ1v) is 31.7. The first-order chi connectivity index (χ1) is 37.0. The van der Waals surface area contributed by atoms with Gasteiger partial charge in [-0.15, -0.1) is 0 Å². The molecule has 0 radical (unpaired) electrons. The van der Waals surface area contributed by atoms with Gasteiger partial charge in [-0.1, -0.05) is 285 Å². The first kappa shape index (κ1) is 71.3. The van der Waals surface area contributed by atoms with E-state index < -0.39 is 6.10 Å². The Balaban J connectivity index is 4.20. The van der Waals surface area contributed by atoms with Crippen LogP contribution in [0.2, 0.25) is 0 Å². The number of rotatable bonds is 57. The minimum absolute atomic E-state index is 0.0801. The van der Waals surface area contributed by atoms with Crippen LogP contribution in [0.15, 0.2) is 97.2 Å². The van der Waals surface area contributed by atoms with Crippen molar-refractivity contribution < 1.29 is 28.6 Å². The topological polar surface area (TPSA) is 78.9 Å². The Morgan fingerprint density at radius 1 is 0.280 bits per heavy atom. The Labute approximate surface area is 464 Å². The smallest absolute Gasteiger partial charge is 0.306 e. The van der Waals surface area contributed by atoms with Gasteiger partial charge in [-0.2, -0.15) is 0 Å². The zero-order chi connectivity index (χ0) is 54.3. The third-order valence-electron chi connectivity index (χ3n) is 13.6. The molecule has 0 aromatic heterocycles. The molecule has 0 aliphatic heterocycles. The summed E-state index contributed by atoms with van der Waals surface area (Å²) in [4.78, 5) is 38.2. The molecule has 0 N–H and O–H groups in total. The number of allylic oxidation sites excluding steroid dienone is 16. The molecule has 0 aliphatic carbocycles. The van der Waals surface area contributed by atoms with E-state index in [-0.39, 0.29) is 31.1 Å². The van der Waals surface area contributed by atoms with Gasteiger partial charge >= 0.3 is 17.9 Å². The van der Waals surface area contributed by atoms with Crippen LogP contribution in [0.1, 0.15) is 303 Å². The Bertz CT molecular complexity index is 1480. The highest BCUT2D eigenvalue weighted by Crippen LogP contribution is 2.16. The van der Waals surface area contributed by atoms with Crippen LogP contribution in [0.5, 0.6) is 0 Å². The minimum Gasteiger partial charge on any atom is -0.462 e. The summed E-state index contributed by atoms with van der Waals surface area (Å²) < 4.78 is 16.9. The fraction of sp³-hybridized carbons (Fsp3) is 0.725. The molecule has 0 saturated carbocycles. The Morgan fingerprint density at radius 3 is 0.867 bits per heavy atom. The zero-order valence-corrected chi connectivity index (χ0v) is 49.3. The van der Waals surface area contributed by atoms with E-state index in [0.717, 1.165) is 128 Å². The molecule has 0 aromatic carbocycles. The second-order valence-corrected chi connectivity index (χ2v) is 20.9. The van der Waals surface area contributed by atoms with Gasteiger partial charge in [-0.3, -0.25) is 14.4 Å². The number of hydrogen-bond donors (Lipinski definition) is 0. The third-order valence-corrected chi connectivity index (χ3v) is 13.6. The van der Waals surface area contributed by atoms with Crippen LogP contribution >= 0.6 is 0 Å². The van der Waals surface area contributed by atoms with Crippen molar-refractivity contribution in [1.82, 2.24) is 0 Å². The van der Waals surface area contributed by atoms with E-state index in [1.54, 1.807) is 0 Å². The number of unbranched alkanes of at least 4 members (excludes halogenated alkanes) is 30. The summed E-state index contributed by atoms with van der Waals surface area (Å²) in [6.45, 7) is 6.47. The van der Waals surface area contributed by atoms with E-state index in [0.29, 0.717) is 19.3 Å². The van der Waals surface area contributed by atoms with E-state index in [9.17, 15) is 14.4 Å². The molecule has 0 saturated heterocycles. The van der Waals surface area contributed by atoms with Crippen LogP contribution < -0.4 is 0 Å². The van der Waals surface area contributed by atoms with E-state index >= 15 is 0 Å². The number of carbonyl (C=O) groups is 3. The molecule has 1 unspecified atom stereocenters. The van der Waals surface area contributed by atoms with Crippen molar-refractivity contribution in [3.8, 4) is 0 Å². The molecule has 430 valence electrons. The van der Waals surface area contributed by atoms with Crippen molar-refractivity contribution in [1.29, 1.82) is 0 Å². The summed E-state index contributed by atoms with van der Waals surface area (Å²) in [6.07, 6.45) is 84.2. The quantitative estimate of drug-likeness (QED) is 0.0261. The molecular formula is C69H118O6. The highest BCUT2D eigenvalue weighted by Gasteiger charge is 2.19. The maximum Gasteiger partial charge on any atom is 0.306 e. The molecule has 75 heavy (non-hydrogen) atoms. The van der Waals surface area contributed by atoms with Gasteiger partial charge in [-0.05, 0) is 96.3 Å². The van der Waals surface area contributed by atoms with E-state index in [1.165, 1.54) is 135 Å². The minimum atomic E-state index is -0.783. The van der Waals surface area contributed by atoms with Gasteiger partial charge in [0.25, 0.3) is 0 Å². The molecule has 0 aliphatic rings. The molecule has 0 spiro atoms. The van der Waals surface area contributed by atoms with Crippen molar-refractivity contribution in [2.45, 2.75) is 309 Å². The average Bonchev–Trinajstić information content (AvgIpc) is 3.41. The van der Waals surface area contributed by atoms with Gasteiger partial charge in [0.2, 0.25) is 0 Å². The van der Waals surface area contributed by atoms with Crippen molar-refractivity contribution in [2.75, 3.05) is 13.2 Å². The highest BCUT2D eigenvalue weighted by atomic mass is 16.6. The summed E-state index contributed by atoms with van der Waals surface area (Å²) in [5, 5.41) is 0. The van der Waals surface area contributed by atoms with Crippen LogP contribution in [-0.2, 0) is 28.6 Å². The lowest BCUT2D eigenvalue weighted by molar-refractivity contribution is -0.167. The summed E-state index contributed by atoms with van der Waals surface area (Å²) in [6, 6.07) is 0. The SMILES string of the molecule is CC/C=C\C/C=C\C/C=C\C/C=C\C/C=C\C/C=C\CCCCCCCCCCCCCCC(=O)OCC(COC(=O)CCCCCCCCCCCCCCC)OC(=O)CCCCCCC/C=C\C/C=C\CCC. The molecule has 0 aromatic rings. The lowest BCUT2D eigenvalue weighted by Crippen LogP contribution is -2.30. The average molecular weight is 1040 g/mol. The highest BCUT2D eigenvalue weighted by molar-refractivity contribution is 5.71. The van der Waals surface area contributed by atoms with Crippen LogP contribution in [0.4, 0.5) is 0 Å². The zero-order valence-electron chi connectivity index (χ0n) is 49.3. The lowest BCUT2D eigenvalue weighted by Gasteiger charge is -2.18. The third kappa shape index (κ3) is 61.1. The number of carbonyl (C=O) groups excluding carboxylic acids is 3. The molecule has 6 nitrogen and oxygen atoms in total. The summed E-state index contributed by atoms with van der Waals surface area (Å²) in [5.41, 5.74) is 0. The number of ether oxygens (including phenoxy) is 3. The van der Waals surface area contributed by atoms with Gasteiger partial charge in [0, 0.05) is 19.3 Å². The van der Waals surface area contributed by atoms with Crippen molar-refractivity contribution >= 4 is 17.9 Å². The summed E-state index contributed by atoms with van der Waals surface area (Å²) in [5.74, 6) is -0.888. The van der Waals surface area contributed by atoms with Crippen LogP contribution in [0.25, 0.3) is 0 Å². The molecule has 0 rings (SSSR count). The number of esters is 3. The fourth-order valence-electron chi connectivity index (χ4n) is 8.84. The van der Waals surface area contributed by atoms with Gasteiger partial charge in [0.1, 0.15) is 13.2 Å². The van der Waals surface area contributed by atoms with Gasteiger partial charge in [0.15, 0.2) is 6.10 Å². The van der Waals surface area contributed by atoms with E-state index in [4.69, 9.17) is 14.2 Å². The van der Waals surface area contributed by atoms with Crippen LogP contribution in [-0.4, -0.2) is 37.2 Å². The predicted molar refractivity (Wildman–Crippen MR) is 325 cm³/mol. The first-order valence-electron chi connectivity index (χ1n) is 31.7. The normalized spacial score (nSPS) is 12.7. The maximum absolute atomic E-state index is 12.8. The van der Waals surface area contributed by atoms with Crippen molar-refractivity contribution in [3.05, 3.63) is 97.2 Å². The molecule has 0 amide bonds. The predicted octanol–water partition coefficient (Wildman–Crippen LogP) is 21.7. The lowest BCUT2D eigenvalue weighted by atomic mass is 10.0. The molecular weight excluding hydrogens is 925 g/mol. The van der Waals surface area contributed by atoms with Crippen LogP contribution in [0, 0.1) is 0 Å². The van der Waals surface area contributed by atoms with E-state index in [2.05, 4.69) is 118 Å². The Hall–Kier alpha value is -3.67. The Morgan fingerprint density at radius 2 is 0.547 bits per heavy atom. The molecule has 0 bridgehead atoms. The summed E-state index contributed by atoms with van der Waals surface area (Å²) in [7, 11) is 0. The van der Waals surface area contributed by atoms with Crippen LogP contribution in [0.3, 0.4) is 0 Å². The standard InChI is InChI=1S/C69H118O6/c1-4-7-10-13-16-19-22-25-26-27-28-29-30-31-32-33-34-35-36-37-38-39-40-41-42-45-47-50-53-56-59-62-68(71)74-65-66(75-69(72)63-60-57-54-51-48-44-24-21-18-15-12-9-6-3)64-73-67(70)61-58-55-52-49-46-43-23-20-17-14-11-8-5-2/h7,10,12,15-16,19,21,24-26,28-29,31-32,34-35,66H,4-6,8-9,11,13-14,17-18,20,22-23,27,30,33,36-65H2,1-3H3/b10-7-,15-12-,19-16-,24-21-,26-25-,29-28-,32-31-,35-34-. The second-order valence-electron chi connectivity index (χ2n) is 20.9. The van der Waals surface area contributed by atoms with E-state index in [1.807, 2.05) is 0 Å². The maximum atomic E-state index is 12.8.